The molecule has 92 valence electrons. The average molecular weight is 233 g/mol. The van der Waals surface area contributed by atoms with Crippen molar-refractivity contribution in [2.75, 3.05) is 0 Å². The predicted molar refractivity (Wildman–Crippen MR) is 66.9 cm³/mol. The summed E-state index contributed by atoms with van der Waals surface area (Å²) in [6.45, 7) is 0. The van der Waals surface area contributed by atoms with Crippen molar-refractivity contribution in [3.63, 3.8) is 0 Å². The highest BCUT2D eigenvalue weighted by Crippen LogP contribution is 2.34. The van der Waals surface area contributed by atoms with Gasteiger partial charge in [-0.1, -0.05) is 49.6 Å². The molecule has 0 aliphatic heterocycles. The second-order valence-corrected chi connectivity index (χ2v) is 4.74. The van der Waals surface area contributed by atoms with Crippen molar-refractivity contribution in [1.29, 1.82) is 0 Å². The van der Waals surface area contributed by atoms with E-state index in [1.54, 1.807) is 0 Å². The van der Waals surface area contributed by atoms with Gasteiger partial charge in [0.25, 0.3) is 0 Å². The summed E-state index contributed by atoms with van der Waals surface area (Å²) < 4.78 is 0. The number of benzene rings is 1. The third-order valence-electron chi connectivity index (χ3n) is 3.56. The smallest absolute Gasteiger partial charge is 0.405 e. The van der Waals surface area contributed by atoms with Crippen LogP contribution in [0.4, 0.5) is 4.79 Å². The Bertz CT molecular complexity index is 358. The highest BCUT2D eigenvalue weighted by molar-refractivity contribution is 5.65. The summed E-state index contributed by atoms with van der Waals surface area (Å²) in [5.74, 6) is 0.447. The molecule has 0 bridgehead atoms. The minimum absolute atomic E-state index is 0.0472. The first-order valence-electron chi connectivity index (χ1n) is 6.32. The average Bonchev–Trinajstić information content (AvgIpc) is 2.38. The molecule has 0 spiro atoms. The summed E-state index contributed by atoms with van der Waals surface area (Å²) in [5, 5.41) is 11.6. The van der Waals surface area contributed by atoms with Gasteiger partial charge in [0, 0.05) is 0 Å². The SMILES string of the molecule is O=C(O)NC(c1ccccc1)C1CCCCC1. The summed E-state index contributed by atoms with van der Waals surface area (Å²) in [6.07, 6.45) is 5.04. The van der Waals surface area contributed by atoms with Crippen LogP contribution in [-0.2, 0) is 0 Å². The Labute approximate surface area is 102 Å². The molecule has 3 heteroatoms. The molecule has 3 nitrogen and oxygen atoms in total. The van der Waals surface area contributed by atoms with E-state index in [0.29, 0.717) is 5.92 Å². The summed E-state index contributed by atoms with van der Waals surface area (Å²) in [7, 11) is 0. The van der Waals surface area contributed by atoms with Gasteiger partial charge in [-0.15, -0.1) is 0 Å². The lowest BCUT2D eigenvalue weighted by atomic mass is 9.81. The topological polar surface area (TPSA) is 49.3 Å². The Kier molecular flexibility index (Phi) is 4.02. The second-order valence-electron chi connectivity index (χ2n) is 4.74. The molecule has 1 amide bonds. The molecule has 2 rings (SSSR count). The van der Waals surface area contributed by atoms with Gasteiger partial charge in [-0.05, 0) is 24.3 Å². The van der Waals surface area contributed by atoms with E-state index in [-0.39, 0.29) is 6.04 Å². The van der Waals surface area contributed by atoms with Gasteiger partial charge in [0.2, 0.25) is 0 Å². The van der Waals surface area contributed by atoms with Gasteiger partial charge in [0.05, 0.1) is 6.04 Å². The van der Waals surface area contributed by atoms with Gasteiger partial charge in [-0.25, -0.2) is 4.79 Å². The molecule has 17 heavy (non-hydrogen) atoms. The lowest BCUT2D eigenvalue weighted by molar-refractivity contribution is 0.178. The third kappa shape index (κ3) is 3.22. The van der Waals surface area contributed by atoms with E-state index in [1.165, 1.54) is 19.3 Å². The van der Waals surface area contributed by atoms with Gasteiger partial charge in [-0.3, -0.25) is 0 Å². The Balaban J connectivity index is 2.15. The lowest BCUT2D eigenvalue weighted by Gasteiger charge is -2.30. The number of carboxylic acid groups (broad SMARTS) is 1. The van der Waals surface area contributed by atoms with E-state index >= 15 is 0 Å². The first-order chi connectivity index (χ1) is 8.27. The standard InChI is InChI=1S/C14H19NO2/c16-14(17)15-13(11-7-3-1-4-8-11)12-9-5-2-6-10-12/h1,3-4,7-8,12-13,15H,2,5-6,9-10H2,(H,16,17). The molecule has 0 radical (unpaired) electrons. The predicted octanol–water partition coefficient (Wildman–Crippen LogP) is 3.58. The van der Waals surface area contributed by atoms with Gasteiger partial charge >= 0.3 is 6.09 Å². The maximum absolute atomic E-state index is 10.9. The molecule has 1 fully saturated rings. The van der Waals surface area contributed by atoms with Crippen LogP contribution in [-0.4, -0.2) is 11.2 Å². The zero-order valence-corrected chi connectivity index (χ0v) is 9.93. The molecule has 1 aliphatic rings. The van der Waals surface area contributed by atoms with E-state index in [4.69, 9.17) is 5.11 Å². The van der Waals surface area contributed by atoms with E-state index in [9.17, 15) is 4.79 Å². The van der Waals surface area contributed by atoms with Crippen molar-refractivity contribution < 1.29 is 9.90 Å². The summed E-state index contributed by atoms with van der Waals surface area (Å²) in [5.41, 5.74) is 1.09. The van der Waals surface area contributed by atoms with Gasteiger partial charge in [0.1, 0.15) is 0 Å². The summed E-state index contributed by atoms with van der Waals surface area (Å²) in [6, 6.07) is 9.87. The minimum Gasteiger partial charge on any atom is -0.465 e. The van der Waals surface area contributed by atoms with E-state index in [1.807, 2.05) is 30.3 Å². The summed E-state index contributed by atoms with van der Waals surface area (Å²) >= 11 is 0. The van der Waals surface area contributed by atoms with Crippen molar-refractivity contribution in [2.45, 2.75) is 38.1 Å². The number of hydrogen-bond acceptors (Lipinski definition) is 1. The van der Waals surface area contributed by atoms with Crippen molar-refractivity contribution in [3.8, 4) is 0 Å². The quantitative estimate of drug-likeness (QED) is 0.838. The molecule has 1 aromatic rings. The molecular formula is C14H19NO2. The van der Waals surface area contributed by atoms with E-state index in [2.05, 4.69) is 5.32 Å². The number of nitrogens with one attached hydrogen (secondary N) is 1. The van der Waals surface area contributed by atoms with Crippen LogP contribution in [0.25, 0.3) is 0 Å². The van der Waals surface area contributed by atoms with Crippen molar-refractivity contribution in [2.24, 2.45) is 5.92 Å². The molecular weight excluding hydrogens is 214 g/mol. The number of carbonyl (C=O) groups is 1. The number of hydrogen-bond donors (Lipinski definition) is 2. The Morgan fingerprint density at radius 3 is 2.41 bits per heavy atom. The fraction of sp³-hybridized carbons (Fsp3) is 0.500. The van der Waals surface area contributed by atoms with Crippen LogP contribution in [0, 0.1) is 5.92 Å². The molecule has 0 saturated heterocycles. The maximum Gasteiger partial charge on any atom is 0.405 e. The molecule has 1 saturated carbocycles. The molecule has 0 aromatic heterocycles. The molecule has 1 aliphatic carbocycles. The van der Waals surface area contributed by atoms with E-state index in [0.717, 1.165) is 18.4 Å². The normalized spacial score (nSPS) is 18.6. The molecule has 2 N–H and O–H groups in total. The largest absolute Gasteiger partial charge is 0.465 e. The molecule has 1 aromatic carbocycles. The minimum atomic E-state index is -0.926. The van der Waals surface area contributed by atoms with Crippen LogP contribution in [0.15, 0.2) is 30.3 Å². The van der Waals surface area contributed by atoms with Crippen molar-refractivity contribution in [1.82, 2.24) is 5.32 Å². The monoisotopic (exact) mass is 233 g/mol. The number of amides is 1. The maximum atomic E-state index is 10.9. The highest BCUT2D eigenvalue weighted by atomic mass is 16.4. The first kappa shape index (κ1) is 12.0. The van der Waals surface area contributed by atoms with Crippen LogP contribution in [0.1, 0.15) is 43.7 Å². The third-order valence-corrected chi connectivity index (χ3v) is 3.56. The number of rotatable bonds is 3. The Morgan fingerprint density at radius 1 is 1.18 bits per heavy atom. The molecule has 0 heterocycles. The van der Waals surface area contributed by atoms with Gasteiger partial charge in [-0.2, -0.15) is 0 Å². The van der Waals surface area contributed by atoms with Crippen LogP contribution in [0.3, 0.4) is 0 Å². The molecule has 1 atom stereocenters. The fourth-order valence-corrected chi connectivity index (χ4v) is 2.73. The highest BCUT2D eigenvalue weighted by Gasteiger charge is 2.26. The van der Waals surface area contributed by atoms with E-state index < -0.39 is 6.09 Å². The van der Waals surface area contributed by atoms with Crippen LogP contribution in [0.2, 0.25) is 0 Å². The zero-order chi connectivity index (χ0) is 12.1. The van der Waals surface area contributed by atoms with Crippen LogP contribution < -0.4 is 5.32 Å². The first-order valence-corrected chi connectivity index (χ1v) is 6.32. The van der Waals surface area contributed by atoms with Crippen molar-refractivity contribution >= 4 is 6.09 Å². The summed E-state index contributed by atoms with van der Waals surface area (Å²) in [4.78, 5) is 10.9. The van der Waals surface area contributed by atoms with Gasteiger partial charge in [0.15, 0.2) is 0 Å². The lowest BCUT2D eigenvalue weighted by Crippen LogP contribution is -2.33. The fourth-order valence-electron chi connectivity index (χ4n) is 2.73. The Hall–Kier alpha value is -1.51. The van der Waals surface area contributed by atoms with Crippen LogP contribution in [0.5, 0.6) is 0 Å². The zero-order valence-electron chi connectivity index (χ0n) is 9.93. The molecule has 1 unspecified atom stereocenters. The Morgan fingerprint density at radius 2 is 1.82 bits per heavy atom. The van der Waals surface area contributed by atoms with Crippen molar-refractivity contribution in [3.05, 3.63) is 35.9 Å². The second kappa shape index (κ2) is 5.71. The van der Waals surface area contributed by atoms with Gasteiger partial charge < -0.3 is 10.4 Å². The van der Waals surface area contributed by atoms with Crippen LogP contribution >= 0.6 is 0 Å².